The molecule has 1 aromatic rings. The lowest BCUT2D eigenvalue weighted by Crippen LogP contribution is -2.30. The van der Waals surface area contributed by atoms with Crippen LogP contribution in [0.2, 0.25) is 5.02 Å². The Bertz CT molecular complexity index is 418. The van der Waals surface area contributed by atoms with Crippen molar-refractivity contribution >= 4 is 23.4 Å². The standard InChI is InChI=1S/C15H25ClN4/c1-3-13(11-8-6-5-7-9-11)19-14-12(16)10-18-15(20-14)17-4-2/h10-11,13H,3-9H2,1-2H3,(H2,17,18,19,20). The summed E-state index contributed by atoms with van der Waals surface area (Å²) in [5.41, 5.74) is 0. The van der Waals surface area contributed by atoms with Crippen molar-refractivity contribution in [2.24, 2.45) is 5.92 Å². The van der Waals surface area contributed by atoms with Crippen molar-refractivity contribution in [1.29, 1.82) is 0 Å². The van der Waals surface area contributed by atoms with Gasteiger partial charge in [0, 0.05) is 12.6 Å². The van der Waals surface area contributed by atoms with E-state index in [0.717, 1.165) is 24.7 Å². The monoisotopic (exact) mass is 296 g/mol. The summed E-state index contributed by atoms with van der Waals surface area (Å²) in [6.45, 7) is 5.06. The molecule has 0 aliphatic heterocycles. The fourth-order valence-electron chi connectivity index (χ4n) is 2.98. The summed E-state index contributed by atoms with van der Waals surface area (Å²) in [6, 6.07) is 0.456. The van der Waals surface area contributed by atoms with Crippen molar-refractivity contribution < 1.29 is 0 Å². The molecule has 4 nitrogen and oxygen atoms in total. The molecule has 1 fully saturated rings. The Kier molecular flexibility index (Phi) is 5.89. The van der Waals surface area contributed by atoms with Crippen LogP contribution >= 0.6 is 11.6 Å². The maximum Gasteiger partial charge on any atom is 0.224 e. The third kappa shape index (κ3) is 3.98. The summed E-state index contributed by atoms with van der Waals surface area (Å²) in [5, 5.41) is 7.27. The average molecular weight is 297 g/mol. The Labute approximate surface area is 126 Å². The maximum atomic E-state index is 6.22. The zero-order chi connectivity index (χ0) is 14.4. The molecule has 0 amide bonds. The first-order valence-electron chi connectivity index (χ1n) is 7.77. The van der Waals surface area contributed by atoms with Crippen LogP contribution in [-0.4, -0.2) is 22.6 Å². The van der Waals surface area contributed by atoms with E-state index in [1.54, 1.807) is 6.20 Å². The molecule has 1 aromatic heterocycles. The summed E-state index contributed by atoms with van der Waals surface area (Å²) >= 11 is 6.22. The number of halogens is 1. The van der Waals surface area contributed by atoms with Gasteiger partial charge < -0.3 is 10.6 Å². The first-order valence-corrected chi connectivity index (χ1v) is 8.15. The lowest BCUT2D eigenvalue weighted by Gasteiger charge is -2.30. The molecule has 1 aliphatic rings. The van der Waals surface area contributed by atoms with E-state index in [2.05, 4.69) is 27.5 Å². The fourth-order valence-corrected chi connectivity index (χ4v) is 3.12. The minimum absolute atomic E-state index is 0.456. The number of nitrogens with one attached hydrogen (secondary N) is 2. The van der Waals surface area contributed by atoms with Crippen LogP contribution in [0.4, 0.5) is 11.8 Å². The molecular formula is C15H25ClN4. The van der Waals surface area contributed by atoms with Crippen LogP contribution in [0.15, 0.2) is 6.20 Å². The van der Waals surface area contributed by atoms with E-state index in [1.807, 2.05) is 6.92 Å². The lowest BCUT2D eigenvalue weighted by molar-refractivity contribution is 0.312. The molecule has 1 saturated carbocycles. The van der Waals surface area contributed by atoms with Crippen molar-refractivity contribution in [1.82, 2.24) is 9.97 Å². The normalized spacial score (nSPS) is 17.8. The second-order valence-electron chi connectivity index (χ2n) is 5.48. The molecule has 0 saturated heterocycles. The maximum absolute atomic E-state index is 6.22. The van der Waals surface area contributed by atoms with Gasteiger partial charge in [0.15, 0.2) is 5.82 Å². The molecule has 1 unspecified atom stereocenters. The highest BCUT2D eigenvalue weighted by Crippen LogP contribution is 2.30. The molecule has 0 aromatic carbocycles. The van der Waals surface area contributed by atoms with Gasteiger partial charge in [0.1, 0.15) is 5.02 Å². The van der Waals surface area contributed by atoms with Crippen molar-refractivity contribution in [2.45, 2.75) is 58.4 Å². The van der Waals surface area contributed by atoms with Crippen LogP contribution in [0.1, 0.15) is 52.4 Å². The van der Waals surface area contributed by atoms with Crippen molar-refractivity contribution in [3.05, 3.63) is 11.2 Å². The predicted molar refractivity (Wildman–Crippen MR) is 85.5 cm³/mol. The molecule has 112 valence electrons. The third-order valence-corrected chi connectivity index (χ3v) is 4.34. The number of hydrogen-bond donors (Lipinski definition) is 2. The van der Waals surface area contributed by atoms with Gasteiger partial charge in [0.2, 0.25) is 5.95 Å². The molecule has 2 N–H and O–H groups in total. The summed E-state index contributed by atoms with van der Waals surface area (Å²) < 4.78 is 0. The minimum atomic E-state index is 0.456. The van der Waals surface area contributed by atoms with Gasteiger partial charge in [-0.3, -0.25) is 0 Å². The molecule has 1 aliphatic carbocycles. The first-order chi connectivity index (χ1) is 9.74. The largest absolute Gasteiger partial charge is 0.366 e. The van der Waals surface area contributed by atoms with Gasteiger partial charge in [0.05, 0.1) is 6.20 Å². The number of hydrogen-bond acceptors (Lipinski definition) is 4. The SMILES string of the molecule is CCNc1ncc(Cl)c(NC(CC)C2CCCCC2)n1. The Morgan fingerprint density at radius 3 is 2.70 bits per heavy atom. The number of anilines is 2. The predicted octanol–water partition coefficient (Wildman–Crippen LogP) is 4.33. The van der Waals surface area contributed by atoms with E-state index < -0.39 is 0 Å². The van der Waals surface area contributed by atoms with Crippen LogP contribution in [0.3, 0.4) is 0 Å². The van der Waals surface area contributed by atoms with Gasteiger partial charge in [-0.15, -0.1) is 0 Å². The molecule has 0 spiro atoms. The van der Waals surface area contributed by atoms with Gasteiger partial charge in [-0.2, -0.15) is 4.98 Å². The zero-order valence-electron chi connectivity index (χ0n) is 12.5. The highest BCUT2D eigenvalue weighted by atomic mass is 35.5. The number of nitrogens with zero attached hydrogens (tertiary/aromatic N) is 2. The molecule has 5 heteroatoms. The fraction of sp³-hybridized carbons (Fsp3) is 0.733. The van der Waals surface area contributed by atoms with Gasteiger partial charge in [-0.05, 0) is 32.1 Å². The molecule has 1 atom stereocenters. The molecule has 1 heterocycles. The van der Waals surface area contributed by atoms with E-state index in [4.69, 9.17) is 11.6 Å². The molecule has 20 heavy (non-hydrogen) atoms. The zero-order valence-corrected chi connectivity index (χ0v) is 13.2. The van der Waals surface area contributed by atoms with Crippen LogP contribution in [0.25, 0.3) is 0 Å². The topological polar surface area (TPSA) is 49.8 Å². The minimum Gasteiger partial charge on any atom is -0.366 e. The lowest BCUT2D eigenvalue weighted by atomic mass is 9.83. The summed E-state index contributed by atoms with van der Waals surface area (Å²) in [7, 11) is 0. The van der Waals surface area contributed by atoms with E-state index in [9.17, 15) is 0 Å². The van der Waals surface area contributed by atoms with Gasteiger partial charge >= 0.3 is 0 Å². The second kappa shape index (κ2) is 7.67. The van der Waals surface area contributed by atoms with Crippen LogP contribution < -0.4 is 10.6 Å². The number of rotatable bonds is 6. The van der Waals surface area contributed by atoms with Crippen molar-refractivity contribution in [3.63, 3.8) is 0 Å². The molecule has 2 rings (SSSR count). The van der Waals surface area contributed by atoms with Crippen LogP contribution in [0, 0.1) is 5.92 Å². The summed E-state index contributed by atoms with van der Waals surface area (Å²) in [4.78, 5) is 8.66. The highest BCUT2D eigenvalue weighted by Gasteiger charge is 2.23. The number of aromatic nitrogens is 2. The van der Waals surface area contributed by atoms with E-state index in [-0.39, 0.29) is 0 Å². The molecule has 0 radical (unpaired) electrons. The quantitative estimate of drug-likeness (QED) is 0.820. The van der Waals surface area contributed by atoms with Gasteiger partial charge in [0.25, 0.3) is 0 Å². The Hall–Kier alpha value is -1.03. The van der Waals surface area contributed by atoms with Crippen molar-refractivity contribution in [2.75, 3.05) is 17.2 Å². The third-order valence-electron chi connectivity index (χ3n) is 4.06. The summed E-state index contributed by atoms with van der Waals surface area (Å²) in [6.07, 6.45) is 9.48. The highest BCUT2D eigenvalue weighted by molar-refractivity contribution is 6.32. The second-order valence-corrected chi connectivity index (χ2v) is 5.88. The van der Waals surface area contributed by atoms with Gasteiger partial charge in [-0.25, -0.2) is 4.98 Å². The average Bonchev–Trinajstić information content (AvgIpc) is 2.49. The van der Waals surface area contributed by atoms with Crippen LogP contribution in [-0.2, 0) is 0 Å². The van der Waals surface area contributed by atoms with Gasteiger partial charge in [-0.1, -0.05) is 37.8 Å². The molecular weight excluding hydrogens is 272 g/mol. The van der Waals surface area contributed by atoms with E-state index in [0.29, 0.717) is 17.0 Å². The smallest absolute Gasteiger partial charge is 0.224 e. The van der Waals surface area contributed by atoms with E-state index >= 15 is 0 Å². The van der Waals surface area contributed by atoms with Crippen LogP contribution in [0.5, 0.6) is 0 Å². The first kappa shape index (κ1) is 15.4. The van der Waals surface area contributed by atoms with Crippen molar-refractivity contribution in [3.8, 4) is 0 Å². The summed E-state index contributed by atoms with van der Waals surface area (Å²) in [5.74, 6) is 2.13. The Balaban J connectivity index is 2.07. The Morgan fingerprint density at radius 2 is 2.05 bits per heavy atom. The molecule has 0 bridgehead atoms. The van der Waals surface area contributed by atoms with E-state index in [1.165, 1.54) is 32.1 Å². The Morgan fingerprint density at radius 1 is 1.30 bits per heavy atom.